The molecular formula is C43H67N11O13S2. The first-order chi connectivity index (χ1) is 32.6. The van der Waals surface area contributed by atoms with Gasteiger partial charge in [0, 0.05) is 44.4 Å². The molecule has 1 aromatic rings. The maximum absolute atomic E-state index is 14.4. The highest BCUT2D eigenvalue weighted by Gasteiger charge is 2.38. The average molecular weight is 1010 g/mol. The molecule has 0 aliphatic carbocycles. The number of Topliss-reactive ketones (excluding diaryl/α,β-unsaturated/α-hetero) is 2. The Balaban J connectivity index is 2.63. The van der Waals surface area contributed by atoms with Crippen molar-refractivity contribution >= 4 is 86.3 Å². The standard InChI is InChI=1S/C43H67N11O13S2/c1-6-24(4)37-42(65)50-27(11-12-32(44)56)38(61)39(62)28(19-33(45)57)52-53-31(22-69-68-16-13-35(59)48-30(41(64)51-37)18-25-7-9-26(55)10-8-25)43(66)54(14-15-67-5)21-36(60)49-29(17-23(2)3)40(63)47-20-34(46)58/h7-10,23-24,27-31,37,52-53,55H,6,11-22H2,1-5H3,(H2,44,56)(H2,45,57)(H2,46,58)(H,47,63)(H,48,59)(H,49,60)(H,50,65)(H,51,64)/t24-,27-,28-,29-,30-,31-,37-/m0/s1. The molecule has 0 bridgehead atoms. The fraction of sp³-hybridized carbons (Fsp3) is 0.605. The molecule has 1 fully saturated rings. The number of primary amides is 3. The second kappa shape index (κ2) is 30.6. The second-order valence-electron chi connectivity index (χ2n) is 16.8. The molecule has 26 heteroatoms. The van der Waals surface area contributed by atoms with Crippen molar-refractivity contribution in [2.75, 3.05) is 44.9 Å². The minimum absolute atomic E-state index is 0.0367. The molecule has 0 aromatic heterocycles. The molecule has 384 valence electrons. The molecular weight excluding hydrogens is 943 g/mol. The minimum atomic E-state index is -1.76. The van der Waals surface area contributed by atoms with Gasteiger partial charge in [0.15, 0.2) is 0 Å². The molecule has 2 rings (SSSR count). The van der Waals surface area contributed by atoms with Crippen molar-refractivity contribution in [3.63, 3.8) is 0 Å². The summed E-state index contributed by atoms with van der Waals surface area (Å²) in [7, 11) is 3.60. The third-order valence-corrected chi connectivity index (χ3v) is 13.0. The number of ketones is 2. The Labute approximate surface area is 408 Å². The Bertz CT molecular complexity index is 1980. The number of hydrazine groups is 1. The first-order valence-electron chi connectivity index (χ1n) is 22.3. The van der Waals surface area contributed by atoms with E-state index in [1.807, 2.05) is 0 Å². The van der Waals surface area contributed by atoms with Crippen molar-refractivity contribution in [2.24, 2.45) is 29.0 Å². The van der Waals surface area contributed by atoms with E-state index in [0.29, 0.717) is 12.0 Å². The van der Waals surface area contributed by atoms with Crippen LogP contribution < -0.4 is 54.6 Å². The Morgan fingerprint density at radius 1 is 0.855 bits per heavy atom. The third-order valence-electron chi connectivity index (χ3n) is 10.6. The summed E-state index contributed by atoms with van der Waals surface area (Å²) >= 11 is 0. The van der Waals surface area contributed by atoms with Gasteiger partial charge >= 0.3 is 0 Å². The number of nitrogens with one attached hydrogen (secondary N) is 7. The fourth-order valence-corrected chi connectivity index (χ4v) is 8.80. The molecule has 1 aliphatic heterocycles. The maximum atomic E-state index is 14.4. The second-order valence-corrected chi connectivity index (χ2v) is 19.4. The summed E-state index contributed by atoms with van der Waals surface area (Å²) in [4.78, 5) is 147. The first-order valence-corrected chi connectivity index (χ1v) is 24.8. The van der Waals surface area contributed by atoms with Crippen LogP contribution in [0.2, 0.25) is 0 Å². The summed E-state index contributed by atoms with van der Waals surface area (Å²) in [6.07, 6.45) is -1.45. The highest BCUT2D eigenvalue weighted by molar-refractivity contribution is 8.76. The molecule has 0 unspecified atom stereocenters. The van der Waals surface area contributed by atoms with Crippen LogP contribution >= 0.6 is 21.6 Å². The van der Waals surface area contributed by atoms with E-state index in [1.54, 1.807) is 39.8 Å². The Hall–Kier alpha value is -5.83. The van der Waals surface area contributed by atoms with Crippen LogP contribution in [0.4, 0.5) is 0 Å². The average Bonchev–Trinajstić information content (AvgIpc) is 3.28. The van der Waals surface area contributed by atoms with Crippen LogP contribution in [0.5, 0.6) is 5.75 Å². The quantitative estimate of drug-likeness (QED) is 0.0430. The normalized spacial score (nSPS) is 21.1. The molecule has 7 atom stereocenters. The van der Waals surface area contributed by atoms with E-state index in [0.717, 1.165) is 26.5 Å². The van der Waals surface area contributed by atoms with Crippen LogP contribution in [-0.2, 0) is 63.9 Å². The summed E-state index contributed by atoms with van der Waals surface area (Å²) < 4.78 is 5.20. The molecule has 1 aromatic carbocycles. The van der Waals surface area contributed by atoms with E-state index in [4.69, 9.17) is 21.9 Å². The number of carbonyl (C=O) groups excluding carboxylic acids is 11. The van der Waals surface area contributed by atoms with E-state index in [-0.39, 0.29) is 55.6 Å². The SMILES string of the molecule is CC[C@H](C)[C@@H]1NC(=O)[C@H](Cc2ccc(O)cc2)NC(=O)CCSSC[C@@H](C(=O)N(CCOC)CC(=O)N[C@@H](CC(C)C)C(=O)NCC(N)=O)NN[C@@H](CC(N)=O)C(=O)C(=O)[C@H](CCC(N)=O)NC1=O. The molecule has 9 amide bonds. The summed E-state index contributed by atoms with van der Waals surface area (Å²) in [5.41, 5.74) is 21.9. The highest BCUT2D eigenvalue weighted by Crippen LogP contribution is 2.24. The number of aromatic hydroxyl groups is 1. The van der Waals surface area contributed by atoms with E-state index < -0.39 is 139 Å². The van der Waals surface area contributed by atoms with Gasteiger partial charge in [0.2, 0.25) is 64.7 Å². The highest BCUT2D eigenvalue weighted by atomic mass is 33.1. The number of amides is 9. The number of nitrogens with two attached hydrogens (primary N) is 3. The number of methoxy groups -OCH3 is 1. The van der Waals surface area contributed by atoms with Gasteiger partial charge in [-0.3, -0.25) is 52.7 Å². The summed E-state index contributed by atoms with van der Waals surface area (Å²) in [5, 5.41) is 22.6. The number of hydrogen-bond donors (Lipinski definition) is 11. The molecule has 14 N–H and O–H groups in total. The monoisotopic (exact) mass is 1010 g/mol. The number of ether oxygens (including phenoxy) is 1. The summed E-state index contributed by atoms with van der Waals surface area (Å²) in [5.74, 6) is -10.5. The molecule has 1 aliphatic rings. The zero-order valence-electron chi connectivity index (χ0n) is 39.5. The van der Waals surface area contributed by atoms with Crippen LogP contribution in [0, 0.1) is 11.8 Å². The van der Waals surface area contributed by atoms with Gasteiger partial charge in [-0.15, -0.1) is 0 Å². The van der Waals surface area contributed by atoms with Crippen molar-refractivity contribution in [1.82, 2.24) is 42.3 Å². The zero-order chi connectivity index (χ0) is 51.8. The molecule has 1 saturated heterocycles. The largest absolute Gasteiger partial charge is 0.508 e. The summed E-state index contributed by atoms with van der Waals surface area (Å²) in [6.45, 7) is 5.67. The Kier molecular flexibility index (Phi) is 26.3. The minimum Gasteiger partial charge on any atom is -0.508 e. The number of hydrogen-bond acceptors (Lipinski definition) is 17. The van der Waals surface area contributed by atoms with Crippen LogP contribution in [0.15, 0.2) is 24.3 Å². The summed E-state index contributed by atoms with van der Waals surface area (Å²) in [6, 6.07) is -2.63. The van der Waals surface area contributed by atoms with Gasteiger partial charge in [0.25, 0.3) is 0 Å². The van der Waals surface area contributed by atoms with Gasteiger partial charge in [0.1, 0.15) is 29.9 Å². The number of benzene rings is 1. The third kappa shape index (κ3) is 22.0. The van der Waals surface area contributed by atoms with Gasteiger partial charge in [-0.25, -0.2) is 10.9 Å². The smallest absolute Gasteiger partial charge is 0.243 e. The van der Waals surface area contributed by atoms with Crippen molar-refractivity contribution in [2.45, 2.75) is 109 Å². The Morgan fingerprint density at radius 2 is 1.52 bits per heavy atom. The number of phenolic OH excluding ortho intramolecular Hbond substituents is 1. The molecule has 0 radical (unpaired) electrons. The lowest BCUT2D eigenvalue weighted by Crippen LogP contribution is -2.61. The van der Waals surface area contributed by atoms with E-state index in [2.05, 4.69) is 37.4 Å². The molecule has 24 nitrogen and oxygen atoms in total. The predicted molar refractivity (Wildman–Crippen MR) is 255 cm³/mol. The lowest BCUT2D eigenvalue weighted by Gasteiger charge is -2.30. The first kappa shape index (κ1) is 59.3. The molecule has 0 spiro atoms. The van der Waals surface area contributed by atoms with Gasteiger partial charge in [-0.2, -0.15) is 0 Å². The number of rotatable bonds is 21. The van der Waals surface area contributed by atoms with Crippen LogP contribution in [-0.4, -0.2) is 156 Å². The van der Waals surface area contributed by atoms with E-state index in [9.17, 15) is 57.8 Å². The van der Waals surface area contributed by atoms with Gasteiger partial charge in [-0.05, 0) is 42.4 Å². The zero-order valence-corrected chi connectivity index (χ0v) is 41.1. The topological polar surface area (TPSA) is 383 Å². The van der Waals surface area contributed by atoms with Gasteiger partial charge < -0.3 is 58.5 Å². The maximum Gasteiger partial charge on any atom is 0.243 e. The molecule has 0 saturated carbocycles. The number of nitrogens with zero attached hydrogens (tertiary/aromatic N) is 1. The number of carbonyl (C=O) groups is 11. The van der Waals surface area contributed by atoms with Gasteiger partial charge in [0.05, 0.1) is 38.2 Å². The van der Waals surface area contributed by atoms with E-state index in [1.165, 1.54) is 19.2 Å². The van der Waals surface area contributed by atoms with Crippen LogP contribution in [0.25, 0.3) is 0 Å². The molecule has 69 heavy (non-hydrogen) atoms. The predicted octanol–water partition coefficient (Wildman–Crippen LogP) is -3.06. The van der Waals surface area contributed by atoms with Crippen molar-refractivity contribution < 1.29 is 62.6 Å². The van der Waals surface area contributed by atoms with Crippen LogP contribution in [0.1, 0.15) is 71.8 Å². The van der Waals surface area contributed by atoms with Crippen molar-refractivity contribution in [1.29, 1.82) is 0 Å². The van der Waals surface area contributed by atoms with E-state index >= 15 is 0 Å². The fourth-order valence-electron chi connectivity index (χ4n) is 6.66. The van der Waals surface area contributed by atoms with Crippen LogP contribution in [0.3, 0.4) is 0 Å². The number of phenols is 1. The Morgan fingerprint density at radius 3 is 2.12 bits per heavy atom. The lowest BCUT2D eigenvalue weighted by molar-refractivity contribution is -0.142. The van der Waals surface area contributed by atoms with Crippen molar-refractivity contribution in [3.05, 3.63) is 29.8 Å². The lowest BCUT2D eigenvalue weighted by atomic mass is 9.94. The van der Waals surface area contributed by atoms with Crippen molar-refractivity contribution in [3.8, 4) is 5.75 Å². The molecule has 1 heterocycles. The van der Waals surface area contributed by atoms with Gasteiger partial charge in [-0.1, -0.05) is 67.8 Å².